The highest BCUT2D eigenvalue weighted by Gasteiger charge is 2.23. The summed E-state index contributed by atoms with van der Waals surface area (Å²) in [6.07, 6.45) is 0.813. The number of aryl methyl sites for hydroxylation is 2. The summed E-state index contributed by atoms with van der Waals surface area (Å²) in [6, 6.07) is 3.87. The number of hydrogen-bond acceptors (Lipinski definition) is 3. The molecule has 0 aliphatic carbocycles. The maximum atomic E-state index is 12.4. The van der Waals surface area contributed by atoms with Crippen LogP contribution in [-0.2, 0) is 11.3 Å². The molecule has 0 unspecified atom stereocenters. The van der Waals surface area contributed by atoms with Gasteiger partial charge in [-0.3, -0.25) is 9.78 Å². The van der Waals surface area contributed by atoms with Crippen LogP contribution in [0, 0.1) is 19.8 Å². The second-order valence-corrected chi connectivity index (χ2v) is 6.68. The molecule has 6 nitrogen and oxygen atoms in total. The molecule has 0 atom stereocenters. The van der Waals surface area contributed by atoms with Crippen LogP contribution in [0.4, 0.5) is 4.79 Å². The predicted molar refractivity (Wildman–Crippen MR) is 93.6 cm³/mol. The third kappa shape index (κ3) is 4.69. The van der Waals surface area contributed by atoms with Crippen molar-refractivity contribution in [3.05, 3.63) is 29.1 Å². The number of rotatable bonds is 3. The first kappa shape index (κ1) is 18.2. The average molecular weight is 332 g/mol. The number of amides is 3. The Hall–Kier alpha value is -2.11. The topological polar surface area (TPSA) is 65.5 Å². The Morgan fingerprint density at radius 2 is 1.79 bits per heavy atom. The quantitative estimate of drug-likeness (QED) is 0.922. The fraction of sp³-hybridized carbons (Fsp3) is 0.611. The minimum atomic E-state index is -0.0890. The van der Waals surface area contributed by atoms with E-state index in [9.17, 15) is 9.59 Å². The first-order valence-electron chi connectivity index (χ1n) is 8.63. The van der Waals surface area contributed by atoms with Crippen LogP contribution in [0.15, 0.2) is 12.1 Å². The molecular formula is C18H28N4O2. The van der Waals surface area contributed by atoms with Gasteiger partial charge >= 0.3 is 6.03 Å². The molecule has 1 saturated heterocycles. The number of pyridine rings is 1. The van der Waals surface area contributed by atoms with Gasteiger partial charge in [0.25, 0.3) is 0 Å². The lowest BCUT2D eigenvalue weighted by Gasteiger charge is -2.23. The lowest BCUT2D eigenvalue weighted by Crippen LogP contribution is -2.42. The zero-order valence-electron chi connectivity index (χ0n) is 15.1. The van der Waals surface area contributed by atoms with E-state index in [0.29, 0.717) is 26.2 Å². The summed E-state index contributed by atoms with van der Waals surface area (Å²) in [4.78, 5) is 32.6. The van der Waals surface area contributed by atoms with E-state index in [0.717, 1.165) is 29.9 Å². The number of urea groups is 1. The van der Waals surface area contributed by atoms with Crippen LogP contribution in [0.25, 0.3) is 0 Å². The van der Waals surface area contributed by atoms with Gasteiger partial charge in [-0.25, -0.2) is 4.79 Å². The fourth-order valence-electron chi connectivity index (χ4n) is 2.77. The minimum Gasteiger partial charge on any atom is -0.341 e. The number of carbonyl (C=O) groups is 2. The van der Waals surface area contributed by atoms with E-state index in [1.807, 2.05) is 44.7 Å². The van der Waals surface area contributed by atoms with E-state index >= 15 is 0 Å². The third-order valence-corrected chi connectivity index (χ3v) is 4.42. The predicted octanol–water partition coefficient (Wildman–Crippen LogP) is 2.10. The van der Waals surface area contributed by atoms with Gasteiger partial charge in [-0.15, -0.1) is 0 Å². The van der Waals surface area contributed by atoms with Crippen LogP contribution >= 0.6 is 0 Å². The Balaban J connectivity index is 1.86. The van der Waals surface area contributed by atoms with Gasteiger partial charge in [-0.05, 0) is 31.9 Å². The molecule has 1 fully saturated rings. The average Bonchev–Trinajstić information content (AvgIpc) is 2.81. The molecule has 6 heteroatoms. The van der Waals surface area contributed by atoms with Crippen molar-refractivity contribution >= 4 is 11.9 Å². The second-order valence-electron chi connectivity index (χ2n) is 6.68. The molecule has 1 aromatic rings. The zero-order valence-corrected chi connectivity index (χ0v) is 15.1. The highest BCUT2D eigenvalue weighted by Crippen LogP contribution is 2.09. The van der Waals surface area contributed by atoms with Crippen molar-refractivity contribution in [3.8, 4) is 0 Å². The van der Waals surface area contributed by atoms with E-state index in [2.05, 4.69) is 10.3 Å². The summed E-state index contributed by atoms with van der Waals surface area (Å²) < 4.78 is 0. The van der Waals surface area contributed by atoms with Gasteiger partial charge in [-0.2, -0.15) is 0 Å². The van der Waals surface area contributed by atoms with Gasteiger partial charge in [0.1, 0.15) is 0 Å². The Bertz CT molecular complexity index is 601. The number of aromatic nitrogens is 1. The van der Waals surface area contributed by atoms with E-state index in [1.165, 1.54) is 0 Å². The van der Waals surface area contributed by atoms with E-state index in [1.54, 1.807) is 4.90 Å². The molecule has 0 aromatic carbocycles. The summed E-state index contributed by atoms with van der Waals surface area (Å²) in [5.41, 5.74) is 2.99. The van der Waals surface area contributed by atoms with E-state index < -0.39 is 0 Å². The zero-order chi connectivity index (χ0) is 17.7. The van der Waals surface area contributed by atoms with Crippen molar-refractivity contribution in [3.63, 3.8) is 0 Å². The third-order valence-electron chi connectivity index (χ3n) is 4.42. The molecule has 0 spiro atoms. The highest BCUT2D eigenvalue weighted by atomic mass is 16.2. The number of carbonyl (C=O) groups excluding carboxylic acids is 2. The molecule has 2 rings (SSSR count). The molecule has 0 saturated carbocycles. The number of hydrogen-bond donors (Lipinski definition) is 1. The van der Waals surface area contributed by atoms with Crippen LogP contribution in [0.5, 0.6) is 0 Å². The van der Waals surface area contributed by atoms with Crippen molar-refractivity contribution in [2.45, 2.75) is 40.7 Å². The lowest BCUT2D eigenvalue weighted by atomic mass is 10.2. The molecule has 0 bridgehead atoms. The van der Waals surface area contributed by atoms with Gasteiger partial charge in [-0.1, -0.05) is 19.9 Å². The molecule has 24 heavy (non-hydrogen) atoms. The first-order chi connectivity index (χ1) is 11.4. The Morgan fingerprint density at radius 1 is 1.12 bits per heavy atom. The monoisotopic (exact) mass is 332 g/mol. The molecule has 2 heterocycles. The van der Waals surface area contributed by atoms with Crippen LogP contribution in [-0.4, -0.2) is 52.9 Å². The standard InChI is InChI=1S/C18H28N4O2/c1-13(2)17(23)21-8-5-9-22(11-10-21)18(24)19-12-16-7-6-14(3)15(4)20-16/h6-7,13H,5,8-12H2,1-4H3,(H,19,24). The Kier molecular flexibility index (Phi) is 6.17. The summed E-state index contributed by atoms with van der Waals surface area (Å²) in [5, 5.41) is 2.93. The lowest BCUT2D eigenvalue weighted by molar-refractivity contribution is -0.134. The van der Waals surface area contributed by atoms with Gasteiger partial charge in [0.15, 0.2) is 0 Å². The van der Waals surface area contributed by atoms with Gasteiger partial charge in [0, 0.05) is 37.8 Å². The van der Waals surface area contributed by atoms with Crippen LogP contribution < -0.4 is 5.32 Å². The molecule has 132 valence electrons. The van der Waals surface area contributed by atoms with Crippen molar-refractivity contribution in [1.82, 2.24) is 20.1 Å². The van der Waals surface area contributed by atoms with Crippen molar-refractivity contribution in [2.24, 2.45) is 5.92 Å². The fourth-order valence-corrected chi connectivity index (χ4v) is 2.77. The molecule has 1 aliphatic rings. The second kappa shape index (κ2) is 8.13. The van der Waals surface area contributed by atoms with Crippen molar-refractivity contribution in [1.29, 1.82) is 0 Å². The summed E-state index contributed by atoms with van der Waals surface area (Å²) in [6.45, 7) is 10.8. The molecule has 1 aromatic heterocycles. The summed E-state index contributed by atoms with van der Waals surface area (Å²) >= 11 is 0. The molecule has 0 radical (unpaired) electrons. The maximum absolute atomic E-state index is 12.4. The summed E-state index contributed by atoms with van der Waals surface area (Å²) in [7, 11) is 0. The van der Waals surface area contributed by atoms with Crippen LogP contribution in [0.3, 0.4) is 0 Å². The minimum absolute atomic E-state index is 0.00114. The normalized spacial score (nSPS) is 15.4. The molecule has 1 aliphatic heterocycles. The summed E-state index contributed by atoms with van der Waals surface area (Å²) in [5.74, 6) is 0.165. The van der Waals surface area contributed by atoms with E-state index in [-0.39, 0.29) is 17.9 Å². The number of nitrogens with zero attached hydrogens (tertiary/aromatic N) is 3. The molecule has 3 amide bonds. The largest absolute Gasteiger partial charge is 0.341 e. The smallest absolute Gasteiger partial charge is 0.317 e. The van der Waals surface area contributed by atoms with Crippen LogP contribution in [0.1, 0.15) is 37.2 Å². The van der Waals surface area contributed by atoms with E-state index in [4.69, 9.17) is 0 Å². The SMILES string of the molecule is Cc1ccc(CNC(=O)N2CCCN(C(=O)C(C)C)CC2)nc1C. The van der Waals surface area contributed by atoms with Gasteiger partial charge in [0.2, 0.25) is 5.91 Å². The Morgan fingerprint density at radius 3 is 2.46 bits per heavy atom. The van der Waals surface area contributed by atoms with Gasteiger partial charge < -0.3 is 15.1 Å². The molecule has 1 N–H and O–H groups in total. The Labute approximate surface area is 144 Å². The van der Waals surface area contributed by atoms with Crippen molar-refractivity contribution in [2.75, 3.05) is 26.2 Å². The van der Waals surface area contributed by atoms with Crippen LogP contribution in [0.2, 0.25) is 0 Å². The first-order valence-corrected chi connectivity index (χ1v) is 8.63. The maximum Gasteiger partial charge on any atom is 0.317 e. The number of nitrogens with one attached hydrogen (secondary N) is 1. The van der Waals surface area contributed by atoms with Gasteiger partial charge in [0.05, 0.1) is 12.2 Å². The highest BCUT2D eigenvalue weighted by molar-refractivity contribution is 5.78. The molecular weight excluding hydrogens is 304 g/mol. The van der Waals surface area contributed by atoms with Crippen molar-refractivity contribution < 1.29 is 9.59 Å².